The minimum Gasteiger partial charge on any atom is -0.368 e. The average Bonchev–Trinajstić information content (AvgIpc) is 2.43. The summed E-state index contributed by atoms with van der Waals surface area (Å²) in [5.74, 6) is 0. The molecule has 0 spiro atoms. The topological polar surface area (TPSA) is 12.0 Å². The van der Waals surface area contributed by atoms with Crippen LogP contribution in [0.3, 0.4) is 0 Å². The van der Waals surface area contributed by atoms with Gasteiger partial charge in [-0.2, -0.15) is 0 Å². The van der Waals surface area contributed by atoms with Gasteiger partial charge in [0.15, 0.2) is 0 Å². The zero-order valence-electron chi connectivity index (χ0n) is 10.9. The lowest BCUT2D eigenvalue weighted by atomic mass is 10.3. The lowest BCUT2D eigenvalue weighted by molar-refractivity contribution is 1.20. The Morgan fingerprint density at radius 2 is 0.474 bits per heavy atom. The van der Waals surface area contributed by atoms with E-state index in [4.69, 9.17) is 0 Å². The third kappa shape index (κ3) is 10.3. The molecular weight excluding hydrogens is 230 g/mol. The third-order valence-electron chi connectivity index (χ3n) is 2.05. The van der Waals surface area contributed by atoms with Crippen molar-refractivity contribution in [2.75, 3.05) is 0 Å². The van der Waals surface area contributed by atoms with Crippen molar-refractivity contribution in [2.24, 2.45) is 0 Å². The quantitative estimate of drug-likeness (QED) is 0.666. The summed E-state index contributed by atoms with van der Waals surface area (Å²) < 4.78 is 0. The average molecular weight is 249 g/mol. The van der Waals surface area contributed by atoms with E-state index in [9.17, 15) is 0 Å². The van der Waals surface area contributed by atoms with Crippen LogP contribution < -0.4 is 5.32 Å². The lowest BCUT2D eigenvalue weighted by Gasteiger charge is -1.84. The highest BCUT2D eigenvalue weighted by atomic mass is 14.8. The highest BCUT2D eigenvalue weighted by Gasteiger charge is 1.67. The minimum atomic E-state index is 1.88. The Bertz CT molecular complexity index is 434. The first-order valence-corrected chi connectivity index (χ1v) is 6.24. The molecule has 1 nitrogen and oxygen atoms in total. The van der Waals surface area contributed by atoms with E-state index in [1.165, 1.54) is 0 Å². The van der Waals surface area contributed by atoms with Crippen LogP contribution in [0, 0.1) is 0 Å². The number of hydrogen-bond donors (Lipinski definition) is 1. The fraction of sp³-hybridized carbons (Fsp3) is 0. The van der Waals surface area contributed by atoms with Crippen LogP contribution in [0.4, 0.5) is 0 Å². The molecule has 19 heavy (non-hydrogen) atoms. The van der Waals surface area contributed by atoms with Gasteiger partial charge in [0.25, 0.3) is 0 Å². The van der Waals surface area contributed by atoms with Crippen LogP contribution in [-0.4, -0.2) is 0 Å². The van der Waals surface area contributed by atoms with Gasteiger partial charge in [-0.05, 0) is 12.2 Å². The summed E-state index contributed by atoms with van der Waals surface area (Å²) in [7, 11) is 0. The van der Waals surface area contributed by atoms with E-state index in [0.29, 0.717) is 0 Å². The number of hydrogen-bond acceptors (Lipinski definition) is 1. The Labute approximate surface area is 115 Å². The zero-order valence-corrected chi connectivity index (χ0v) is 10.9. The molecular formula is C18H19N. The van der Waals surface area contributed by atoms with Gasteiger partial charge in [0.2, 0.25) is 0 Å². The van der Waals surface area contributed by atoms with Crippen molar-refractivity contribution >= 4 is 0 Å². The lowest BCUT2D eigenvalue weighted by Crippen LogP contribution is -1.89. The van der Waals surface area contributed by atoms with Gasteiger partial charge in [0.1, 0.15) is 0 Å². The number of rotatable bonds is 0. The van der Waals surface area contributed by atoms with Gasteiger partial charge in [-0.15, -0.1) is 0 Å². The molecule has 1 rings (SSSR count). The Morgan fingerprint density at radius 1 is 0.263 bits per heavy atom. The molecule has 0 radical (unpaired) electrons. The van der Waals surface area contributed by atoms with Crippen molar-refractivity contribution in [2.45, 2.75) is 0 Å². The van der Waals surface area contributed by atoms with Crippen LogP contribution in [0.1, 0.15) is 0 Å². The van der Waals surface area contributed by atoms with Gasteiger partial charge in [0.05, 0.1) is 0 Å². The highest BCUT2D eigenvalue weighted by molar-refractivity contribution is 5.22. The predicted octanol–water partition coefficient (Wildman–Crippen LogP) is 4.51. The molecule has 1 N–H and O–H groups in total. The molecule has 0 atom stereocenters. The van der Waals surface area contributed by atoms with Crippen LogP contribution in [0.25, 0.3) is 0 Å². The van der Waals surface area contributed by atoms with Gasteiger partial charge >= 0.3 is 0 Å². The molecule has 0 amide bonds. The smallest absolute Gasteiger partial charge is 0.000442 e. The molecule has 0 bridgehead atoms. The van der Waals surface area contributed by atoms with E-state index in [1.807, 2.05) is 110 Å². The molecule has 0 aromatic heterocycles. The monoisotopic (exact) mass is 249 g/mol. The van der Waals surface area contributed by atoms with Crippen LogP contribution in [0.2, 0.25) is 0 Å². The molecule has 1 aliphatic heterocycles. The van der Waals surface area contributed by atoms with E-state index < -0.39 is 0 Å². The maximum Gasteiger partial charge on any atom is 0.000442 e. The maximum absolute atomic E-state index is 3.05. The summed E-state index contributed by atoms with van der Waals surface area (Å²) in [6.45, 7) is 0. The van der Waals surface area contributed by atoms with Crippen molar-refractivity contribution in [3.63, 3.8) is 0 Å². The molecule has 0 aliphatic carbocycles. The number of allylic oxidation sites excluding steroid dienone is 16. The van der Waals surface area contributed by atoms with Crippen molar-refractivity contribution < 1.29 is 0 Å². The summed E-state index contributed by atoms with van der Waals surface area (Å²) >= 11 is 0. The van der Waals surface area contributed by atoms with Crippen molar-refractivity contribution in [3.05, 3.63) is 110 Å². The summed E-state index contributed by atoms with van der Waals surface area (Å²) in [5, 5.41) is 3.05. The first-order valence-electron chi connectivity index (χ1n) is 6.24. The standard InChI is InChI=1S/C18H19N/c1-2-4-6-8-10-12-14-16-18-19-17-15-13-11-9-7-5-3-1/h1-19H/b2-1-,5-3-,6-4-,9-7-,10-8-,13-11-,14-12-,17-15-,18-16-. The maximum atomic E-state index is 3.05. The van der Waals surface area contributed by atoms with Crippen molar-refractivity contribution in [3.8, 4) is 0 Å². The normalized spacial score (nSPS) is 31.2. The molecule has 1 heteroatoms. The largest absolute Gasteiger partial charge is 0.368 e. The van der Waals surface area contributed by atoms with E-state index in [2.05, 4.69) is 5.32 Å². The van der Waals surface area contributed by atoms with Crippen molar-refractivity contribution in [1.82, 2.24) is 5.32 Å². The van der Waals surface area contributed by atoms with Crippen LogP contribution in [-0.2, 0) is 0 Å². The van der Waals surface area contributed by atoms with Gasteiger partial charge in [-0.1, -0.05) is 85.1 Å². The minimum absolute atomic E-state index is 1.88. The Morgan fingerprint density at radius 3 is 0.737 bits per heavy atom. The predicted molar refractivity (Wildman–Crippen MR) is 85.4 cm³/mol. The highest BCUT2D eigenvalue weighted by Crippen LogP contribution is 1.86. The number of nitrogens with one attached hydrogen (secondary N) is 1. The summed E-state index contributed by atoms with van der Waals surface area (Å²) in [4.78, 5) is 0. The molecule has 0 fully saturated rings. The first-order chi connectivity index (χ1) is 9.50. The molecule has 1 aliphatic rings. The molecule has 96 valence electrons. The van der Waals surface area contributed by atoms with Gasteiger partial charge in [-0.25, -0.2) is 0 Å². The first kappa shape index (κ1) is 14.5. The molecule has 1 heterocycles. The second kappa shape index (κ2) is 11.9. The fourth-order valence-electron chi connectivity index (χ4n) is 1.18. The summed E-state index contributed by atoms with van der Waals surface area (Å²) in [6, 6.07) is 0. The van der Waals surface area contributed by atoms with E-state index in [0.717, 1.165) is 0 Å². The Balaban J connectivity index is 2.63. The third-order valence-corrected chi connectivity index (χ3v) is 2.05. The van der Waals surface area contributed by atoms with Gasteiger partial charge in [0, 0.05) is 12.4 Å². The second-order valence-electron chi connectivity index (χ2n) is 3.58. The SMILES string of the molecule is C1=C\C=C/C=C\C=C/C=C\N/C=C\C=C/C=C\C=C/1. The second-order valence-corrected chi connectivity index (χ2v) is 3.58. The van der Waals surface area contributed by atoms with Crippen LogP contribution in [0.15, 0.2) is 110 Å². The van der Waals surface area contributed by atoms with Crippen LogP contribution >= 0.6 is 0 Å². The fourth-order valence-corrected chi connectivity index (χ4v) is 1.18. The van der Waals surface area contributed by atoms with Crippen molar-refractivity contribution in [1.29, 1.82) is 0 Å². The molecule has 0 aromatic rings. The van der Waals surface area contributed by atoms with E-state index >= 15 is 0 Å². The van der Waals surface area contributed by atoms with Gasteiger partial charge < -0.3 is 5.32 Å². The van der Waals surface area contributed by atoms with Crippen LogP contribution in [0.5, 0.6) is 0 Å². The molecule has 0 aromatic carbocycles. The van der Waals surface area contributed by atoms with E-state index in [-0.39, 0.29) is 0 Å². The zero-order chi connectivity index (χ0) is 13.4. The summed E-state index contributed by atoms with van der Waals surface area (Å²) in [6.07, 6.45) is 35.5. The summed E-state index contributed by atoms with van der Waals surface area (Å²) in [5.41, 5.74) is 0. The molecule has 0 unspecified atom stereocenters. The molecule has 0 saturated heterocycles. The molecule has 0 saturated carbocycles. The Hall–Kier alpha value is -2.54. The van der Waals surface area contributed by atoms with E-state index in [1.54, 1.807) is 0 Å². The Kier molecular flexibility index (Phi) is 9.12. The van der Waals surface area contributed by atoms with Gasteiger partial charge in [-0.3, -0.25) is 0 Å².